The molecule has 8 heteroatoms. The zero-order chi connectivity index (χ0) is 21.4. The number of aryl methyl sites for hydroxylation is 1. The fourth-order valence-electron chi connectivity index (χ4n) is 3.58. The summed E-state index contributed by atoms with van der Waals surface area (Å²) in [6.45, 7) is 1.62. The van der Waals surface area contributed by atoms with Gasteiger partial charge in [0.15, 0.2) is 0 Å². The third kappa shape index (κ3) is 3.08. The van der Waals surface area contributed by atoms with Crippen LogP contribution in [0.1, 0.15) is 5.56 Å². The Bertz CT molecular complexity index is 1430. The van der Waals surface area contributed by atoms with Crippen molar-refractivity contribution in [2.45, 2.75) is 6.92 Å². The van der Waals surface area contributed by atoms with Gasteiger partial charge in [-0.05, 0) is 37.3 Å². The van der Waals surface area contributed by atoms with Gasteiger partial charge in [0.05, 0.1) is 11.2 Å². The molecule has 30 heavy (non-hydrogen) atoms. The van der Waals surface area contributed by atoms with Gasteiger partial charge in [-0.1, -0.05) is 24.3 Å². The molecule has 0 saturated heterocycles. The first-order chi connectivity index (χ1) is 14.4. The summed E-state index contributed by atoms with van der Waals surface area (Å²) in [5.74, 6) is 0.312. The van der Waals surface area contributed by atoms with Crippen LogP contribution in [0, 0.1) is 6.92 Å². The summed E-state index contributed by atoms with van der Waals surface area (Å²) in [6, 6.07) is 16.4. The quantitative estimate of drug-likeness (QED) is 0.486. The molecule has 0 amide bonds. The number of benzene rings is 2. The van der Waals surface area contributed by atoms with Crippen LogP contribution in [0.4, 0.5) is 17.2 Å². The van der Waals surface area contributed by atoms with E-state index in [0.717, 1.165) is 5.69 Å². The van der Waals surface area contributed by atoms with E-state index in [4.69, 9.17) is 0 Å². The minimum absolute atomic E-state index is 0.230. The average Bonchev–Trinajstić information content (AvgIpc) is 2.75. The standard InChI is InChI=1S/C22H21N5O3/c1-13-18-17(19(26(3)21(13)29)24-14-8-5-4-6-9-14)20(28)25-22(30)27(18)16-11-7-10-15(12-16)23-2/h4-12,23-24H,1-3H3,(H,25,28,30). The van der Waals surface area contributed by atoms with Gasteiger partial charge >= 0.3 is 5.69 Å². The van der Waals surface area contributed by atoms with E-state index in [0.29, 0.717) is 22.8 Å². The van der Waals surface area contributed by atoms with Crippen molar-refractivity contribution < 1.29 is 0 Å². The second-order valence-electron chi connectivity index (χ2n) is 6.95. The first-order valence-electron chi connectivity index (χ1n) is 9.41. The van der Waals surface area contributed by atoms with Crippen LogP contribution in [0.3, 0.4) is 0 Å². The van der Waals surface area contributed by atoms with Crippen molar-refractivity contribution in [1.82, 2.24) is 14.1 Å². The molecule has 0 unspecified atom stereocenters. The lowest BCUT2D eigenvalue weighted by atomic mass is 10.1. The number of hydrogen-bond donors (Lipinski definition) is 3. The van der Waals surface area contributed by atoms with Gasteiger partial charge in [0.1, 0.15) is 11.2 Å². The van der Waals surface area contributed by atoms with E-state index in [1.165, 1.54) is 9.13 Å². The molecule has 0 fully saturated rings. The molecule has 152 valence electrons. The van der Waals surface area contributed by atoms with Crippen LogP contribution >= 0.6 is 0 Å². The van der Waals surface area contributed by atoms with E-state index in [9.17, 15) is 14.4 Å². The molecule has 0 aliphatic heterocycles. The molecule has 4 rings (SSSR count). The molecule has 0 atom stereocenters. The predicted molar refractivity (Wildman–Crippen MR) is 119 cm³/mol. The molecule has 0 radical (unpaired) electrons. The maximum Gasteiger partial charge on any atom is 0.333 e. The Morgan fingerprint density at radius 3 is 2.33 bits per heavy atom. The minimum Gasteiger partial charge on any atom is -0.388 e. The van der Waals surface area contributed by atoms with E-state index in [1.54, 1.807) is 39.2 Å². The van der Waals surface area contributed by atoms with Crippen molar-refractivity contribution in [3.8, 4) is 5.69 Å². The molecule has 0 bridgehead atoms. The molecule has 0 spiro atoms. The van der Waals surface area contributed by atoms with Crippen molar-refractivity contribution >= 4 is 28.1 Å². The highest BCUT2D eigenvalue weighted by atomic mass is 16.2. The monoisotopic (exact) mass is 403 g/mol. The van der Waals surface area contributed by atoms with Crippen LogP contribution in [-0.4, -0.2) is 21.2 Å². The maximum atomic E-state index is 13.0. The molecule has 2 aromatic carbocycles. The molecule has 2 aromatic heterocycles. The number of aromatic nitrogens is 3. The van der Waals surface area contributed by atoms with Crippen molar-refractivity contribution in [2.24, 2.45) is 7.05 Å². The summed E-state index contributed by atoms with van der Waals surface area (Å²) in [7, 11) is 3.37. The molecule has 0 aliphatic rings. The Morgan fingerprint density at radius 1 is 0.933 bits per heavy atom. The van der Waals surface area contributed by atoms with Crippen LogP contribution in [0.5, 0.6) is 0 Å². The molecular formula is C22H21N5O3. The number of nitrogens with one attached hydrogen (secondary N) is 3. The first kappa shape index (κ1) is 19.3. The lowest BCUT2D eigenvalue weighted by Gasteiger charge is -2.18. The van der Waals surface area contributed by atoms with Gasteiger partial charge in [-0.2, -0.15) is 0 Å². The van der Waals surface area contributed by atoms with E-state index in [-0.39, 0.29) is 16.5 Å². The molecule has 2 heterocycles. The Morgan fingerprint density at radius 2 is 1.63 bits per heavy atom. The number of hydrogen-bond acceptors (Lipinski definition) is 5. The maximum absolute atomic E-state index is 13.0. The largest absolute Gasteiger partial charge is 0.388 e. The molecule has 0 aliphatic carbocycles. The van der Waals surface area contributed by atoms with E-state index in [1.807, 2.05) is 36.4 Å². The number of anilines is 3. The third-order valence-electron chi connectivity index (χ3n) is 5.09. The second-order valence-corrected chi connectivity index (χ2v) is 6.95. The molecule has 4 aromatic rings. The molecule has 8 nitrogen and oxygen atoms in total. The Kier molecular flexibility index (Phi) is 4.75. The zero-order valence-corrected chi connectivity index (χ0v) is 16.8. The lowest BCUT2D eigenvalue weighted by molar-refractivity contribution is 0.853. The number of H-pyrrole nitrogens is 1. The van der Waals surface area contributed by atoms with Crippen LogP contribution in [0.15, 0.2) is 69.0 Å². The van der Waals surface area contributed by atoms with E-state index >= 15 is 0 Å². The highest BCUT2D eigenvalue weighted by Gasteiger charge is 2.20. The van der Waals surface area contributed by atoms with Gasteiger partial charge in [-0.15, -0.1) is 0 Å². The Balaban J connectivity index is 2.14. The summed E-state index contributed by atoms with van der Waals surface area (Å²) < 4.78 is 2.75. The fraction of sp³-hybridized carbons (Fsp3) is 0.136. The van der Waals surface area contributed by atoms with Crippen molar-refractivity contribution in [3.63, 3.8) is 0 Å². The number of fused-ring (bicyclic) bond motifs is 1. The third-order valence-corrected chi connectivity index (χ3v) is 5.09. The average molecular weight is 403 g/mol. The van der Waals surface area contributed by atoms with Gasteiger partial charge < -0.3 is 10.6 Å². The van der Waals surface area contributed by atoms with Crippen molar-refractivity contribution in [2.75, 3.05) is 17.7 Å². The van der Waals surface area contributed by atoms with Crippen LogP contribution < -0.4 is 27.4 Å². The SMILES string of the molecule is CNc1cccc(-n2c(=O)[nH]c(=O)c3c(Nc4ccccc4)n(C)c(=O)c(C)c32)c1. The molecule has 0 saturated carbocycles. The Labute approximate surface area is 171 Å². The summed E-state index contributed by atoms with van der Waals surface area (Å²) in [5.41, 5.74) is 1.16. The van der Waals surface area contributed by atoms with Crippen molar-refractivity contribution in [1.29, 1.82) is 0 Å². The highest BCUT2D eigenvalue weighted by molar-refractivity contribution is 5.93. The van der Waals surface area contributed by atoms with Crippen LogP contribution in [0.25, 0.3) is 16.6 Å². The number of rotatable bonds is 4. The van der Waals surface area contributed by atoms with E-state index < -0.39 is 11.2 Å². The first-order valence-corrected chi connectivity index (χ1v) is 9.41. The Hall–Kier alpha value is -4.07. The smallest absolute Gasteiger partial charge is 0.333 e. The number of nitrogens with zero attached hydrogens (tertiary/aromatic N) is 2. The fourth-order valence-corrected chi connectivity index (χ4v) is 3.58. The minimum atomic E-state index is -0.609. The number of aromatic amines is 1. The number of pyridine rings is 1. The second kappa shape index (κ2) is 7.40. The summed E-state index contributed by atoms with van der Waals surface area (Å²) in [4.78, 5) is 41.1. The highest BCUT2D eigenvalue weighted by Crippen LogP contribution is 2.25. The van der Waals surface area contributed by atoms with Gasteiger partial charge in [0, 0.05) is 31.0 Å². The van der Waals surface area contributed by atoms with Crippen LogP contribution in [0.2, 0.25) is 0 Å². The van der Waals surface area contributed by atoms with Gasteiger partial charge in [0.25, 0.3) is 11.1 Å². The lowest BCUT2D eigenvalue weighted by Crippen LogP contribution is -2.34. The van der Waals surface area contributed by atoms with Crippen molar-refractivity contribution in [3.05, 3.63) is 91.4 Å². The number of para-hydroxylation sites is 1. The summed E-state index contributed by atoms with van der Waals surface area (Å²) in [5, 5.41) is 6.42. The normalized spacial score (nSPS) is 10.9. The van der Waals surface area contributed by atoms with Gasteiger partial charge in [-0.3, -0.25) is 23.7 Å². The van der Waals surface area contributed by atoms with E-state index in [2.05, 4.69) is 15.6 Å². The van der Waals surface area contributed by atoms with Gasteiger partial charge in [0.2, 0.25) is 0 Å². The van der Waals surface area contributed by atoms with Crippen LogP contribution in [-0.2, 0) is 7.05 Å². The van der Waals surface area contributed by atoms with Gasteiger partial charge in [-0.25, -0.2) is 4.79 Å². The summed E-state index contributed by atoms with van der Waals surface area (Å²) >= 11 is 0. The zero-order valence-electron chi connectivity index (χ0n) is 16.8. The predicted octanol–water partition coefficient (Wildman–Crippen LogP) is 2.47. The summed E-state index contributed by atoms with van der Waals surface area (Å²) in [6.07, 6.45) is 0. The topological polar surface area (TPSA) is 101 Å². The molecular weight excluding hydrogens is 382 g/mol. The molecule has 3 N–H and O–H groups in total.